The third-order valence-electron chi connectivity index (χ3n) is 12.8. The number of nitrogens with two attached hydrogens (primary N) is 1. The Morgan fingerprint density at radius 2 is 1.28 bits per heavy atom. The van der Waals surface area contributed by atoms with Gasteiger partial charge in [-0.1, -0.05) is 19.3 Å². The highest BCUT2D eigenvalue weighted by Gasteiger charge is 2.53. The molecule has 4 saturated heterocycles. The highest BCUT2D eigenvalue weighted by Crippen LogP contribution is 2.34. The molecule has 406 valence electrons. The predicted molar refractivity (Wildman–Crippen MR) is 227 cm³/mol. The number of aliphatic carboxylic acids is 1. The van der Waals surface area contributed by atoms with Crippen molar-refractivity contribution in [2.75, 3.05) is 33.5 Å². The molecule has 0 bridgehead atoms. The second-order valence-corrected chi connectivity index (χ2v) is 18.1. The molecule has 27 nitrogen and oxygen atoms in total. The first kappa shape index (κ1) is 60.0. The first-order chi connectivity index (χ1) is 32.6. The Morgan fingerprint density at radius 3 is 1.91 bits per heavy atom. The van der Waals surface area contributed by atoms with Crippen LogP contribution < -0.4 is 5.73 Å². The minimum absolute atomic E-state index is 0.0255. The lowest BCUT2D eigenvalue weighted by Gasteiger charge is -2.47. The van der Waals surface area contributed by atoms with Crippen LogP contribution in [0.25, 0.3) is 0 Å². The smallest absolute Gasteiger partial charge is 0.335 e. The van der Waals surface area contributed by atoms with Gasteiger partial charge in [0.1, 0.15) is 91.6 Å². The van der Waals surface area contributed by atoms with Gasteiger partial charge in [-0.3, -0.25) is 0 Å². The Kier molecular flexibility index (Phi) is 24.6. The van der Waals surface area contributed by atoms with Crippen molar-refractivity contribution in [1.82, 2.24) is 0 Å². The number of methoxy groups -OCH3 is 1. The minimum Gasteiger partial charge on any atom is -0.479 e. The number of rotatable bonds is 27. The number of unbranched alkanes of at least 4 members (excludes halogenated alkanes) is 4. The number of hydrogen-bond donors (Lipinski definition) is 16. The zero-order valence-corrected chi connectivity index (χ0v) is 39.1. The van der Waals surface area contributed by atoms with Crippen molar-refractivity contribution in [1.29, 1.82) is 0 Å². The molecule has 4 aliphatic heterocycles. The number of hydrogen-bond acceptors (Lipinski definition) is 26. The summed E-state index contributed by atoms with van der Waals surface area (Å²) in [5, 5.41) is 161. The number of carboxylic acids is 1. The molecular weight excluding hydrogens is 934 g/mol. The molecular formula is C42H77NO26. The van der Waals surface area contributed by atoms with Crippen molar-refractivity contribution in [2.24, 2.45) is 5.73 Å². The number of aliphatic hydroxyl groups excluding tert-OH is 14. The highest BCUT2D eigenvalue weighted by atomic mass is 16.8. The van der Waals surface area contributed by atoms with E-state index < -0.39 is 185 Å². The first-order valence-corrected chi connectivity index (χ1v) is 23.3. The van der Waals surface area contributed by atoms with Crippen molar-refractivity contribution in [3.63, 3.8) is 0 Å². The third-order valence-corrected chi connectivity index (χ3v) is 12.8. The van der Waals surface area contributed by atoms with Gasteiger partial charge in [0, 0.05) is 26.6 Å². The van der Waals surface area contributed by atoms with Crippen molar-refractivity contribution < 1.29 is 129 Å². The van der Waals surface area contributed by atoms with Gasteiger partial charge >= 0.3 is 5.97 Å². The molecule has 0 radical (unpaired) electrons. The van der Waals surface area contributed by atoms with Crippen LogP contribution in [0.2, 0.25) is 0 Å². The van der Waals surface area contributed by atoms with E-state index in [0.717, 1.165) is 25.7 Å². The molecule has 0 aromatic heterocycles. The summed E-state index contributed by atoms with van der Waals surface area (Å²) in [6.07, 6.45) is -41.5. The molecule has 4 rings (SSSR count). The summed E-state index contributed by atoms with van der Waals surface area (Å²) in [6.45, 7) is 3.30. The van der Waals surface area contributed by atoms with Crippen LogP contribution >= 0.6 is 0 Å². The number of carboxylic acid groups (broad SMARTS) is 1. The molecule has 26 atom stereocenters. The zero-order valence-electron chi connectivity index (χ0n) is 39.1. The largest absolute Gasteiger partial charge is 0.479 e. The maximum Gasteiger partial charge on any atom is 0.335 e. The van der Waals surface area contributed by atoms with Crippen LogP contribution in [0.4, 0.5) is 0 Å². The Morgan fingerprint density at radius 1 is 0.667 bits per heavy atom. The summed E-state index contributed by atoms with van der Waals surface area (Å²) in [5.74, 6) is -1.71. The second kappa shape index (κ2) is 28.2. The fourth-order valence-electron chi connectivity index (χ4n) is 8.43. The Bertz CT molecular complexity index is 1480. The van der Waals surface area contributed by atoms with Crippen LogP contribution in [0.15, 0.2) is 0 Å². The molecule has 4 aliphatic rings. The van der Waals surface area contributed by atoms with E-state index in [-0.39, 0.29) is 13.0 Å². The van der Waals surface area contributed by atoms with Gasteiger partial charge < -0.3 is 130 Å². The average molecular weight is 1010 g/mol. The summed E-state index contributed by atoms with van der Waals surface area (Å²) < 4.78 is 57.1. The summed E-state index contributed by atoms with van der Waals surface area (Å²) in [5.41, 5.74) is 5.58. The van der Waals surface area contributed by atoms with Gasteiger partial charge in [0.25, 0.3) is 0 Å². The molecule has 0 spiro atoms. The fraction of sp³-hybridized carbons (Fsp3) is 0.976. The first-order valence-electron chi connectivity index (χ1n) is 23.3. The van der Waals surface area contributed by atoms with Gasteiger partial charge in [-0.25, -0.2) is 4.79 Å². The summed E-state index contributed by atoms with van der Waals surface area (Å²) in [7, 11) is 1.23. The van der Waals surface area contributed by atoms with Gasteiger partial charge in [0.2, 0.25) is 0 Å². The topological polar surface area (TPSA) is 439 Å². The van der Waals surface area contributed by atoms with E-state index in [0.29, 0.717) is 13.0 Å². The molecule has 4 heterocycles. The lowest BCUT2D eigenvalue weighted by atomic mass is 9.93. The van der Waals surface area contributed by atoms with E-state index in [2.05, 4.69) is 0 Å². The van der Waals surface area contributed by atoms with E-state index in [1.165, 1.54) is 21.0 Å². The Balaban J connectivity index is 1.61. The van der Waals surface area contributed by atoms with Crippen molar-refractivity contribution >= 4 is 5.97 Å². The van der Waals surface area contributed by atoms with Crippen LogP contribution in [0.1, 0.15) is 65.7 Å². The van der Waals surface area contributed by atoms with E-state index in [1.807, 2.05) is 0 Å². The van der Waals surface area contributed by atoms with Gasteiger partial charge in [0.05, 0.1) is 49.8 Å². The highest BCUT2D eigenvalue weighted by molar-refractivity contribution is 5.73. The van der Waals surface area contributed by atoms with E-state index in [9.17, 15) is 81.4 Å². The maximum absolute atomic E-state index is 11.8. The molecule has 0 saturated carbocycles. The van der Waals surface area contributed by atoms with E-state index >= 15 is 0 Å². The monoisotopic (exact) mass is 1010 g/mol. The molecule has 4 fully saturated rings. The SMILES string of the molecule is COC(C)C(O)C(OC1OC(CO)C(OC2OC(C)C(O)C(O)C2O)C(O)C1O)C(C[C@@H](O)C(O)C(O)COC1OC(C(=O)O)C(O)C(O)C1O)O[C@H]1CC(C)OC(OCCCCCCCN)C1O. The van der Waals surface area contributed by atoms with Crippen molar-refractivity contribution in [3.05, 3.63) is 0 Å². The standard InChI is InChI=1S/C42H77NO26/c1-16-12-21(27(50)39(63-16)61-11-9-7-5-6-8-10-43)65-22(13-19(45)26(49)20(46)15-62-40-32(55)29(52)30(53)37(69-40)38(58)59)35(25(48)17(2)60-4)67-42-34(57)31(54)36(23(14-44)66-42)68-41-33(56)28(51)24(47)18(3)64-41/h16-37,39-42,44-57H,5-15,43H2,1-4H3,(H,58,59)/t16?,17?,18?,19-,20?,21+,22?,23?,24?,25?,26?,27?,28?,29?,30?,31?,32?,33?,34?,35?,36?,37?,39?,40?,41?,42?/m1/s1. The molecule has 69 heavy (non-hydrogen) atoms. The van der Waals surface area contributed by atoms with E-state index in [4.69, 9.17) is 53.1 Å². The summed E-state index contributed by atoms with van der Waals surface area (Å²) in [6, 6.07) is 0. The maximum atomic E-state index is 11.8. The summed E-state index contributed by atoms with van der Waals surface area (Å²) >= 11 is 0. The van der Waals surface area contributed by atoms with E-state index in [1.54, 1.807) is 6.92 Å². The second-order valence-electron chi connectivity index (χ2n) is 18.1. The molecule has 0 aromatic rings. The summed E-state index contributed by atoms with van der Waals surface area (Å²) in [4.78, 5) is 11.6. The Labute approximate surface area is 398 Å². The lowest BCUT2D eigenvalue weighted by Crippen LogP contribution is -2.65. The van der Waals surface area contributed by atoms with Crippen LogP contribution in [0.3, 0.4) is 0 Å². The zero-order chi connectivity index (χ0) is 51.4. The number of aliphatic hydroxyl groups is 14. The van der Waals surface area contributed by atoms with Crippen molar-refractivity contribution in [2.45, 2.75) is 225 Å². The van der Waals surface area contributed by atoms with Crippen LogP contribution in [-0.4, -0.2) is 275 Å². The third kappa shape index (κ3) is 15.7. The Hall–Kier alpha value is -1.53. The van der Waals surface area contributed by atoms with Gasteiger partial charge in [-0.15, -0.1) is 0 Å². The molecule has 24 unspecified atom stereocenters. The average Bonchev–Trinajstić information content (AvgIpc) is 3.32. The molecule has 0 aromatic carbocycles. The molecule has 0 amide bonds. The quantitative estimate of drug-likeness (QED) is 0.0340. The predicted octanol–water partition coefficient (Wildman–Crippen LogP) is -7.02. The molecule has 0 aliphatic carbocycles. The van der Waals surface area contributed by atoms with Crippen LogP contribution in [0, 0.1) is 0 Å². The number of carbonyl (C=O) groups is 1. The number of ether oxygens (including phenoxy) is 10. The molecule has 17 N–H and O–H groups in total. The molecule has 27 heteroatoms. The van der Waals surface area contributed by atoms with Crippen LogP contribution in [0.5, 0.6) is 0 Å². The minimum atomic E-state index is -2.19. The van der Waals surface area contributed by atoms with Crippen molar-refractivity contribution in [3.8, 4) is 0 Å². The fourth-order valence-corrected chi connectivity index (χ4v) is 8.43. The lowest BCUT2D eigenvalue weighted by molar-refractivity contribution is -0.368. The van der Waals surface area contributed by atoms with Gasteiger partial charge in [-0.2, -0.15) is 0 Å². The van der Waals surface area contributed by atoms with Crippen LogP contribution in [-0.2, 0) is 52.2 Å². The normalized spacial score (nSPS) is 40.9. The van der Waals surface area contributed by atoms with Gasteiger partial charge in [0.15, 0.2) is 31.3 Å². The van der Waals surface area contributed by atoms with Gasteiger partial charge in [-0.05, 0) is 40.2 Å².